The minimum absolute atomic E-state index is 0.0232. The van der Waals surface area contributed by atoms with E-state index < -0.39 is 0 Å². The second-order valence-electron chi connectivity index (χ2n) is 6.40. The number of carbonyl (C=O) groups excluding carboxylic acids is 2. The summed E-state index contributed by atoms with van der Waals surface area (Å²) in [7, 11) is 0. The van der Waals surface area contributed by atoms with Crippen LogP contribution in [0.2, 0.25) is 0 Å². The van der Waals surface area contributed by atoms with Gasteiger partial charge in [-0.25, -0.2) is 0 Å². The number of hydrogen-bond donors (Lipinski definition) is 1. The molecule has 124 valence electrons. The molecule has 2 atom stereocenters. The van der Waals surface area contributed by atoms with Crippen molar-refractivity contribution in [1.82, 2.24) is 20.1 Å². The highest BCUT2D eigenvalue weighted by Crippen LogP contribution is 2.19. The van der Waals surface area contributed by atoms with Gasteiger partial charge in [0.1, 0.15) is 12.1 Å². The van der Waals surface area contributed by atoms with E-state index in [9.17, 15) is 9.59 Å². The summed E-state index contributed by atoms with van der Waals surface area (Å²) in [6, 6.07) is 5.27. The van der Waals surface area contributed by atoms with Crippen LogP contribution < -0.4 is 5.32 Å². The molecular weight excluding hydrogens is 292 g/mol. The average Bonchev–Trinajstić information content (AvgIpc) is 2.53. The van der Waals surface area contributed by atoms with Crippen LogP contribution in [0.5, 0.6) is 0 Å². The van der Waals surface area contributed by atoms with Crippen LogP contribution >= 0.6 is 0 Å². The first-order valence-electron chi connectivity index (χ1n) is 8.34. The molecule has 6 nitrogen and oxygen atoms in total. The van der Waals surface area contributed by atoms with Crippen molar-refractivity contribution in [1.29, 1.82) is 0 Å². The fraction of sp³-hybridized carbons (Fsp3) is 0.588. The van der Waals surface area contributed by atoms with E-state index in [4.69, 9.17) is 0 Å². The van der Waals surface area contributed by atoms with Crippen molar-refractivity contribution in [3.05, 3.63) is 29.6 Å². The molecule has 0 aliphatic carbocycles. The molecule has 1 N–H and O–H groups in total. The molecule has 1 aromatic rings. The summed E-state index contributed by atoms with van der Waals surface area (Å²) in [6.45, 7) is 6.69. The number of aromatic nitrogens is 1. The third kappa shape index (κ3) is 3.37. The molecule has 6 heteroatoms. The zero-order valence-electron chi connectivity index (χ0n) is 13.8. The van der Waals surface area contributed by atoms with Gasteiger partial charge in [0, 0.05) is 31.9 Å². The number of hydrogen-bond acceptors (Lipinski definition) is 4. The van der Waals surface area contributed by atoms with Crippen molar-refractivity contribution in [2.75, 3.05) is 19.6 Å². The van der Waals surface area contributed by atoms with E-state index in [-0.39, 0.29) is 23.9 Å². The standard InChI is InChI=1S/C17H24N4O2/c1-3-5-14-17(23)21-9-8-20(11-15(21)16(22)19-14)10-13-7-4-6-12(2)18-13/h4,6-7,14-15H,3,5,8-11H2,1-2H3,(H,19,22)/t14-,15+/m0/s1. The maximum Gasteiger partial charge on any atom is 0.245 e. The van der Waals surface area contributed by atoms with Gasteiger partial charge in [0.25, 0.3) is 0 Å². The van der Waals surface area contributed by atoms with E-state index in [1.807, 2.05) is 32.0 Å². The molecule has 0 saturated carbocycles. The maximum absolute atomic E-state index is 12.5. The van der Waals surface area contributed by atoms with E-state index in [2.05, 4.69) is 15.2 Å². The first-order valence-corrected chi connectivity index (χ1v) is 8.34. The zero-order valence-corrected chi connectivity index (χ0v) is 13.8. The number of aryl methyl sites for hydroxylation is 1. The fourth-order valence-electron chi connectivity index (χ4n) is 3.40. The molecule has 0 radical (unpaired) electrons. The Morgan fingerprint density at radius 3 is 2.87 bits per heavy atom. The van der Waals surface area contributed by atoms with Gasteiger partial charge in [-0.05, 0) is 25.5 Å². The normalized spacial score (nSPS) is 25.2. The lowest BCUT2D eigenvalue weighted by atomic mass is 10.0. The lowest BCUT2D eigenvalue weighted by Gasteiger charge is -2.45. The Bertz CT molecular complexity index is 604. The number of pyridine rings is 1. The summed E-state index contributed by atoms with van der Waals surface area (Å²) in [5.41, 5.74) is 2.00. The maximum atomic E-state index is 12.5. The summed E-state index contributed by atoms with van der Waals surface area (Å²) in [6.07, 6.45) is 1.60. The highest BCUT2D eigenvalue weighted by molar-refractivity contribution is 5.97. The minimum Gasteiger partial charge on any atom is -0.342 e. The van der Waals surface area contributed by atoms with Crippen LogP contribution in [0.25, 0.3) is 0 Å². The second kappa shape index (κ2) is 6.66. The molecule has 2 aliphatic heterocycles. The Hall–Kier alpha value is -1.95. The number of nitrogens with one attached hydrogen (secondary N) is 1. The highest BCUT2D eigenvalue weighted by atomic mass is 16.2. The molecule has 2 fully saturated rings. The van der Waals surface area contributed by atoms with E-state index in [0.29, 0.717) is 26.1 Å². The van der Waals surface area contributed by atoms with E-state index in [1.165, 1.54) is 0 Å². The molecule has 0 aromatic carbocycles. The summed E-state index contributed by atoms with van der Waals surface area (Å²) >= 11 is 0. The average molecular weight is 316 g/mol. The predicted octanol–water partition coefficient (Wildman–Crippen LogP) is 0.701. The van der Waals surface area contributed by atoms with E-state index >= 15 is 0 Å². The second-order valence-corrected chi connectivity index (χ2v) is 6.40. The molecule has 3 heterocycles. The van der Waals surface area contributed by atoms with E-state index in [1.54, 1.807) is 4.90 Å². The van der Waals surface area contributed by atoms with Crippen LogP contribution in [0.1, 0.15) is 31.2 Å². The largest absolute Gasteiger partial charge is 0.342 e. The SMILES string of the molecule is CCC[C@@H]1NC(=O)[C@H]2CN(Cc3cccc(C)n3)CCN2C1=O. The van der Waals surface area contributed by atoms with Gasteiger partial charge in [0.15, 0.2) is 0 Å². The molecule has 0 spiro atoms. The highest BCUT2D eigenvalue weighted by Gasteiger charge is 2.42. The van der Waals surface area contributed by atoms with Gasteiger partial charge in [-0.3, -0.25) is 19.5 Å². The molecular formula is C17H24N4O2. The van der Waals surface area contributed by atoms with Crippen molar-refractivity contribution in [2.24, 2.45) is 0 Å². The number of amides is 2. The number of piperazine rings is 2. The quantitative estimate of drug-likeness (QED) is 0.888. The van der Waals surface area contributed by atoms with Crippen molar-refractivity contribution in [2.45, 2.75) is 45.3 Å². The lowest BCUT2D eigenvalue weighted by Crippen LogP contribution is -2.69. The topological polar surface area (TPSA) is 65.5 Å². The van der Waals surface area contributed by atoms with Gasteiger partial charge in [0.05, 0.1) is 5.69 Å². The monoisotopic (exact) mass is 316 g/mol. The summed E-state index contributed by atoms with van der Waals surface area (Å²) < 4.78 is 0. The molecule has 3 rings (SSSR count). The predicted molar refractivity (Wildman–Crippen MR) is 86.6 cm³/mol. The van der Waals surface area contributed by atoms with Crippen molar-refractivity contribution in [3.63, 3.8) is 0 Å². The fourth-order valence-corrected chi connectivity index (χ4v) is 3.40. The first-order chi connectivity index (χ1) is 11.1. The summed E-state index contributed by atoms with van der Waals surface area (Å²) in [5.74, 6) is 0.0507. The summed E-state index contributed by atoms with van der Waals surface area (Å²) in [4.78, 5) is 33.3. The Morgan fingerprint density at radius 2 is 2.13 bits per heavy atom. The van der Waals surface area contributed by atoms with Gasteiger partial charge in [-0.15, -0.1) is 0 Å². The van der Waals surface area contributed by atoms with Gasteiger partial charge in [-0.2, -0.15) is 0 Å². The smallest absolute Gasteiger partial charge is 0.245 e. The number of fused-ring (bicyclic) bond motifs is 1. The number of carbonyl (C=O) groups is 2. The van der Waals surface area contributed by atoms with Crippen LogP contribution in [0.4, 0.5) is 0 Å². The van der Waals surface area contributed by atoms with Crippen LogP contribution in [0.3, 0.4) is 0 Å². The van der Waals surface area contributed by atoms with E-state index in [0.717, 1.165) is 24.4 Å². The molecule has 2 aliphatic rings. The van der Waals surface area contributed by atoms with Crippen LogP contribution in [-0.4, -0.2) is 58.3 Å². The van der Waals surface area contributed by atoms with Crippen LogP contribution in [0, 0.1) is 6.92 Å². The summed E-state index contributed by atoms with van der Waals surface area (Å²) in [5, 5.41) is 2.89. The van der Waals surface area contributed by atoms with Crippen molar-refractivity contribution >= 4 is 11.8 Å². The Labute approximate surface area is 136 Å². The van der Waals surface area contributed by atoms with Crippen LogP contribution in [0.15, 0.2) is 18.2 Å². The Morgan fingerprint density at radius 1 is 1.30 bits per heavy atom. The molecule has 23 heavy (non-hydrogen) atoms. The van der Waals surface area contributed by atoms with Gasteiger partial charge < -0.3 is 10.2 Å². The van der Waals surface area contributed by atoms with Crippen molar-refractivity contribution < 1.29 is 9.59 Å². The van der Waals surface area contributed by atoms with Gasteiger partial charge in [-0.1, -0.05) is 19.4 Å². The third-order valence-electron chi connectivity index (χ3n) is 4.57. The molecule has 0 unspecified atom stereocenters. The molecule has 2 amide bonds. The minimum atomic E-state index is -0.367. The zero-order chi connectivity index (χ0) is 16.4. The molecule has 0 bridgehead atoms. The molecule has 2 saturated heterocycles. The van der Waals surface area contributed by atoms with Crippen LogP contribution in [-0.2, 0) is 16.1 Å². The number of rotatable bonds is 4. The van der Waals surface area contributed by atoms with Gasteiger partial charge >= 0.3 is 0 Å². The first kappa shape index (κ1) is 15.9. The lowest BCUT2D eigenvalue weighted by molar-refractivity contribution is -0.153. The van der Waals surface area contributed by atoms with Crippen molar-refractivity contribution in [3.8, 4) is 0 Å². The Balaban J connectivity index is 1.66. The number of nitrogens with zero attached hydrogens (tertiary/aromatic N) is 3. The third-order valence-corrected chi connectivity index (χ3v) is 4.57. The molecule has 1 aromatic heterocycles. The Kier molecular flexibility index (Phi) is 4.61. The van der Waals surface area contributed by atoms with Gasteiger partial charge in [0.2, 0.25) is 11.8 Å².